The second-order valence-electron chi connectivity index (χ2n) is 9.58. The second kappa shape index (κ2) is 12.6. The van der Waals surface area contributed by atoms with Gasteiger partial charge < -0.3 is 15.4 Å². The van der Waals surface area contributed by atoms with E-state index in [9.17, 15) is 18.0 Å². The number of rotatable bonds is 9. The smallest absolute Gasteiger partial charge is 0.406 e. The summed E-state index contributed by atoms with van der Waals surface area (Å²) in [5.74, 6) is 0.184. The zero-order chi connectivity index (χ0) is 29.5. The van der Waals surface area contributed by atoms with Crippen LogP contribution in [0.1, 0.15) is 17.5 Å². The summed E-state index contributed by atoms with van der Waals surface area (Å²) in [5.41, 5.74) is 6.41. The van der Waals surface area contributed by atoms with Gasteiger partial charge in [-0.1, -0.05) is 66.7 Å². The maximum Gasteiger partial charge on any atom is 0.573 e. The van der Waals surface area contributed by atoms with E-state index in [0.29, 0.717) is 18.1 Å². The number of alkyl halides is 3. The summed E-state index contributed by atoms with van der Waals surface area (Å²) in [4.78, 5) is 16.8. The number of nitrogens with zero attached hydrogens (tertiary/aromatic N) is 3. The van der Waals surface area contributed by atoms with Gasteiger partial charge in [0, 0.05) is 17.8 Å². The molecule has 0 unspecified atom stereocenters. The van der Waals surface area contributed by atoms with Crippen molar-refractivity contribution < 1.29 is 22.7 Å². The van der Waals surface area contributed by atoms with Gasteiger partial charge in [0.05, 0.1) is 5.69 Å². The molecule has 0 bridgehead atoms. The molecule has 0 aliphatic rings. The van der Waals surface area contributed by atoms with Crippen molar-refractivity contribution in [2.24, 2.45) is 0 Å². The minimum absolute atomic E-state index is 0.247. The molecule has 2 amide bonds. The molecule has 5 aromatic rings. The second-order valence-corrected chi connectivity index (χ2v) is 9.58. The fourth-order valence-corrected chi connectivity index (χ4v) is 4.50. The highest BCUT2D eigenvalue weighted by molar-refractivity contribution is 5.91. The highest BCUT2D eigenvalue weighted by Crippen LogP contribution is 2.28. The predicted octanol–water partition coefficient (Wildman–Crippen LogP) is 7.56. The summed E-state index contributed by atoms with van der Waals surface area (Å²) in [6, 6.07) is 28.9. The minimum Gasteiger partial charge on any atom is -0.406 e. The summed E-state index contributed by atoms with van der Waals surface area (Å²) in [7, 11) is 0. The number of ether oxygens (including phenoxy) is 1. The van der Waals surface area contributed by atoms with Crippen molar-refractivity contribution in [2.45, 2.75) is 26.1 Å². The number of benzene rings is 4. The Morgan fingerprint density at radius 1 is 0.881 bits per heavy atom. The maximum absolute atomic E-state index is 12.5. The van der Waals surface area contributed by atoms with Crippen molar-refractivity contribution >= 4 is 11.7 Å². The third-order valence-electron chi connectivity index (χ3n) is 6.63. The molecule has 0 fully saturated rings. The van der Waals surface area contributed by atoms with Crippen LogP contribution >= 0.6 is 0 Å². The standard InChI is InChI=1S/C32H28F3N5O2/c1-22-28(24-8-3-2-4-9-24)10-5-11-29(22)38-31(41)36-20-6-7-23-12-14-25(15-13-23)30-37-21-40(39-30)26-16-18-27(19-17-26)42-32(33,34)35/h2-5,8-19,21H,6-7,20H2,1H3,(H2,36,38,41). The van der Waals surface area contributed by atoms with E-state index in [2.05, 4.69) is 25.5 Å². The normalized spacial score (nSPS) is 11.2. The van der Waals surface area contributed by atoms with E-state index in [1.54, 1.807) is 0 Å². The number of nitrogens with one attached hydrogen (secondary N) is 2. The molecule has 0 aliphatic carbocycles. The van der Waals surface area contributed by atoms with Gasteiger partial charge in [-0.2, -0.15) is 0 Å². The third-order valence-corrected chi connectivity index (χ3v) is 6.63. The molecule has 42 heavy (non-hydrogen) atoms. The lowest BCUT2D eigenvalue weighted by atomic mass is 9.99. The molecule has 1 aromatic heterocycles. The summed E-state index contributed by atoms with van der Waals surface area (Å²) in [6.07, 6.45) is -1.71. The van der Waals surface area contributed by atoms with Gasteiger partial charge in [0.1, 0.15) is 12.1 Å². The number of aryl methyl sites for hydroxylation is 1. The zero-order valence-electron chi connectivity index (χ0n) is 22.7. The molecule has 0 saturated carbocycles. The minimum atomic E-state index is -4.74. The third kappa shape index (κ3) is 7.34. The number of carbonyl (C=O) groups is 1. The van der Waals surface area contributed by atoms with E-state index in [4.69, 9.17) is 0 Å². The van der Waals surface area contributed by atoms with E-state index in [1.165, 1.54) is 35.3 Å². The highest BCUT2D eigenvalue weighted by Gasteiger charge is 2.31. The van der Waals surface area contributed by atoms with Gasteiger partial charge in [-0.3, -0.25) is 0 Å². The van der Waals surface area contributed by atoms with Crippen LogP contribution in [0.4, 0.5) is 23.7 Å². The van der Waals surface area contributed by atoms with Crippen LogP contribution < -0.4 is 15.4 Å². The Morgan fingerprint density at radius 3 is 2.33 bits per heavy atom. The molecule has 4 aromatic carbocycles. The molecule has 0 atom stereocenters. The molecular weight excluding hydrogens is 543 g/mol. The Kier molecular flexibility index (Phi) is 8.52. The van der Waals surface area contributed by atoms with Gasteiger partial charge in [0.25, 0.3) is 0 Å². The van der Waals surface area contributed by atoms with E-state index in [-0.39, 0.29) is 11.8 Å². The van der Waals surface area contributed by atoms with Crippen molar-refractivity contribution in [3.63, 3.8) is 0 Å². The van der Waals surface area contributed by atoms with Crippen LogP contribution in [0.3, 0.4) is 0 Å². The first-order chi connectivity index (χ1) is 20.2. The maximum atomic E-state index is 12.5. The summed E-state index contributed by atoms with van der Waals surface area (Å²) >= 11 is 0. The Balaban J connectivity index is 1.10. The fourth-order valence-electron chi connectivity index (χ4n) is 4.50. The number of halogens is 3. The van der Waals surface area contributed by atoms with Gasteiger partial charge in [0.2, 0.25) is 0 Å². The predicted molar refractivity (Wildman–Crippen MR) is 155 cm³/mol. The number of hydrogen-bond acceptors (Lipinski definition) is 4. The van der Waals surface area contributed by atoms with Crippen molar-refractivity contribution in [3.8, 4) is 34.0 Å². The largest absolute Gasteiger partial charge is 0.573 e. The molecule has 5 rings (SSSR count). The quantitative estimate of drug-likeness (QED) is 0.179. The molecule has 214 valence electrons. The monoisotopic (exact) mass is 571 g/mol. The van der Waals surface area contributed by atoms with Crippen molar-refractivity contribution in [2.75, 3.05) is 11.9 Å². The van der Waals surface area contributed by atoms with Gasteiger partial charge in [-0.15, -0.1) is 18.3 Å². The summed E-state index contributed by atoms with van der Waals surface area (Å²) < 4.78 is 42.5. The van der Waals surface area contributed by atoms with Crippen LogP contribution in [0.5, 0.6) is 5.75 Å². The Hall–Kier alpha value is -5.12. The topological polar surface area (TPSA) is 81.1 Å². The summed E-state index contributed by atoms with van der Waals surface area (Å²) in [6.45, 7) is 2.51. The molecular formula is C32H28F3N5O2. The van der Waals surface area contributed by atoms with Crippen LogP contribution in [-0.2, 0) is 6.42 Å². The molecule has 0 aliphatic heterocycles. The van der Waals surface area contributed by atoms with Crippen LogP contribution in [0, 0.1) is 6.92 Å². The van der Waals surface area contributed by atoms with E-state index in [1.807, 2.05) is 79.7 Å². The SMILES string of the molecule is Cc1c(NC(=O)NCCCc2ccc(-c3ncn(-c4ccc(OC(F)(F)F)cc4)n3)cc2)cccc1-c1ccccc1. The number of anilines is 1. The first-order valence-corrected chi connectivity index (χ1v) is 13.3. The molecule has 0 spiro atoms. The lowest BCUT2D eigenvalue weighted by molar-refractivity contribution is -0.274. The van der Waals surface area contributed by atoms with Gasteiger partial charge >= 0.3 is 12.4 Å². The Labute approximate surface area is 241 Å². The van der Waals surface area contributed by atoms with E-state index < -0.39 is 6.36 Å². The number of carbonyl (C=O) groups excluding carboxylic acids is 1. The van der Waals surface area contributed by atoms with Gasteiger partial charge in [-0.05, 0) is 72.4 Å². The van der Waals surface area contributed by atoms with Gasteiger partial charge in [-0.25, -0.2) is 14.5 Å². The molecule has 7 nitrogen and oxygen atoms in total. The molecule has 0 saturated heterocycles. The lowest BCUT2D eigenvalue weighted by Crippen LogP contribution is -2.30. The lowest BCUT2D eigenvalue weighted by Gasteiger charge is -2.13. The Bertz CT molecular complexity index is 1630. The molecule has 10 heteroatoms. The average molecular weight is 572 g/mol. The van der Waals surface area contributed by atoms with Gasteiger partial charge in [0.15, 0.2) is 5.82 Å². The highest BCUT2D eigenvalue weighted by atomic mass is 19.4. The van der Waals surface area contributed by atoms with Crippen LogP contribution in [0.25, 0.3) is 28.2 Å². The number of hydrogen-bond donors (Lipinski definition) is 2. The zero-order valence-corrected chi connectivity index (χ0v) is 22.7. The van der Waals surface area contributed by atoms with Crippen LogP contribution in [0.15, 0.2) is 103 Å². The van der Waals surface area contributed by atoms with Crippen molar-refractivity contribution in [1.29, 1.82) is 0 Å². The fraction of sp³-hybridized carbons (Fsp3) is 0.156. The van der Waals surface area contributed by atoms with E-state index >= 15 is 0 Å². The van der Waals surface area contributed by atoms with Crippen LogP contribution in [-0.4, -0.2) is 33.7 Å². The van der Waals surface area contributed by atoms with E-state index in [0.717, 1.165) is 46.3 Å². The molecule has 2 N–H and O–H groups in total. The molecule has 1 heterocycles. The molecule has 0 radical (unpaired) electrons. The first-order valence-electron chi connectivity index (χ1n) is 13.3. The van der Waals surface area contributed by atoms with Crippen molar-refractivity contribution in [3.05, 3.63) is 115 Å². The Morgan fingerprint density at radius 2 is 1.62 bits per heavy atom. The number of urea groups is 1. The number of amides is 2. The first kappa shape index (κ1) is 28.4. The van der Waals surface area contributed by atoms with Crippen LogP contribution in [0.2, 0.25) is 0 Å². The number of aromatic nitrogens is 3. The van der Waals surface area contributed by atoms with Crippen molar-refractivity contribution in [1.82, 2.24) is 20.1 Å². The average Bonchev–Trinajstić information content (AvgIpc) is 3.47. The summed E-state index contributed by atoms with van der Waals surface area (Å²) in [5, 5.41) is 10.3.